The van der Waals surface area contributed by atoms with Crippen LogP contribution in [0.15, 0.2) is 54.7 Å². The number of carbonyl (C=O) groups excluding carboxylic acids is 1. The van der Waals surface area contributed by atoms with Crippen molar-refractivity contribution in [1.29, 1.82) is 0 Å². The van der Waals surface area contributed by atoms with Crippen molar-refractivity contribution in [3.8, 4) is 0 Å². The Balaban J connectivity index is 1.78. The quantitative estimate of drug-likeness (QED) is 0.602. The van der Waals surface area contributed by atoms with E-state index in [9.17, 15) is 4.79 Å². The Labute approximate surface area is 106 Å². The van der Waals surface area contributed by atoms with Crippen molar-refractivity contribution in [3.05, 3.63) is 54.7 Å². The number of nitrogens with zero attached hydrogens (tertiary/aromatic N) is 2. The third-order valence-electron chi connectivity index (χ3n) is 2.60. The molecular formula is C14H16N2O2. The molecule has 0 atom stereocenters. The van der Waals surface area contributed by atoms with Crippen LogP contribution in [0.1, 0.15) is 12.8 Å². The lowest BCUT2D eigenvalue weighted by Crippen LogP contribution is -2.14. The summed E-state index contributed by atoms with van der Waals surface area (Å²) in [4.78, 5) is 15.5. The van der Waals surface area contributed by atoms with Gasteiger partial charge in [0.05, 0.1) is 6.33 Å². The number of hydrogen-bond acceptors (Lipinski definition) is 3. The van der Waals surface area contributed by atoms with Crippen LogP contribution >= 0.6 is 0 Å². The molecule has 0 fully saturated rings. The second kappa shape index (κ2) is 6.59. The minimum Gasteiger partial charge on any atom is -0.460 e. The number of ether oxygens (including phenoxy) is 1. The van der Waals surface area contributed by atoms with Gasteiger partial charge in [0.1, 0.15) is 13.2 Å². The zero-order valence-electron chi connectivity index (χ0n) is 10.2. The standard InChI is InChI=1S/C14H16N2O2/c17-14(10-16-9-8-15-12-16)18-11-13-6-4-2-1-3-5-7-13/h1-4,7-9,12H,5-6,10-11H2/b3-1-,4-2-,13-7+. The Morgan fingerprint density at radius 1 is 1.39 bits per heavy atom. The molecule has 0 unspecified atom stereocenters. The highest BCUT2D eigenvalue weighted by molar-refractivity contribution is 5.69. The summed E-state index contributed by atoms with van der Waals surface area (Å²) in [6.07, 6.45) is 17.0. The van der Waals surface area contributed by atoms with E-state index in [4.69, 9.17) is 4.74 Å². The molecule has 4 nitrogen and oxygen atoms in total. The fourth-order valence-electron chi connectivity index (χ4n) is 1.64. The summed E-state index contributed by atoms with van der Waals surface area (Å²) >= 11 is 0. The van der Waals surface area contributed by atoms with Gasteiger partial charge in [0.2, 0.25) is 0 Å². The van der Waals surface area contributed by atoms with Crippen molar-refractivity contribution in [1.82, 2.24) is 9.55 Å². The second-order valence-electron chi connectivity index (χ2n) is 4.05. The summed E-state index contributed by atoms with van der Waals surface area (Å²) in [5.41, 5.74) is 1.13. The first kappa shape index (κ1) is 12.4. The van der Waals surface area contributed by atoms with Gasteiger partial charge in [-0.3, -0.25) is 4.79 Å². The molecule has 0 saturated carbocycles. The molecule has 1 aromatic heterocycles. The van der Waals surface area contributed by atoms with E-state index in [1.165, 1.54) is 0 Å². The molecule has 0 bridgehead atoms. The Bertz CT molecular complexity index is 470. The molecule has 18 heavy (non-hydrogen) atoms. The number of allylic oxidation sites excluding steroid dienone is 5. The van der Waals surface area contributed by atoms with E-state index in [1.807, 2.05) is 12.2 Å². The predicted molar refractivity (Wildman–Crippen MR) is 68.8 cm³/mol. The van der Waals surface area contributed by atoms with Crippen LogP contribution in [-0.2, 0) is 16.1 Å². The third-order valence-corrected chi connectivity index (χ3v) is 2.60. The smallest absolute Gasteiger partial charge is 0.326 e. The van der Waals surface area contributed by atoms with E-state index < -0.39 is 0 Å². The fourth-order valence-corrected chi connectivity index (χ4v) is 1.64. The van der Waals surface area contributed by atoms with Gasteiger partial charge in [-0.15, -0.1) is 0 Å². The van der Waals surface area contributed by atoms with Gasteiger partial charge in [-0.1, -0.05) is 30.4 Å². The number of esters is 1. The number of aromatic nitrogens is 2. The summed E-state index contributed by atoms with van der Waals surface area (Å²) in [6, 6.07) is 0. The number of imidazole rings is 1. The first-order valence-corrected chi connectivity index (χ1v) is 5.95. The molecule has 1 aliphatic rings. The molecule has 1 heterocycles. The van der Waals surface area contributed by atoms with Crippen molar-refractivity contribution in [3.63, 3.8) is 0 Å². The molecule has 4 heteroatoms. The van der Waals surface area contributed by atoms with Crippen LogP contribution in [0.4, 0.5) is 0 Å². The van der Waals surface area contributed by atoms with Crippen LogP contribution in [0, 0.1) is 0 Å². The maximum absolute atomic E-state index is 11.6. The first-order valence-electron chi connectivity index (χ1n) is 5.95. The maximum Gasteiger partial charge on any atom is 0.326 e. The van der Waals surface area contributed by atoms with Crippen LogP contribution in [0.3, 0.4) is 0 Å². The Kier molecular flexibility index (Phi) is 4.53. The van der Waals surface area contributed by atoms with Crippen LogP contribution in [0.2, 0.25) is 0 Å². The SMILES string of the molecule is O=C(Cn1ccnc1)OC/C1=C/C/C=C\C=C/C1. The Hall–Kier alpha value is -2.10. The molecule has 0 amide bonds. The van der Waals surface area contributed by atoms with Crippen LogP contribution in [-0.4, -0.2) is 22.1 Å². The Morgan fingerprint density at radius 2 is 2.28 bits per heavy atom. The average molecular weight is 244 g/mol. The zero-order valence-corrected chi connectivity index (χ0v) is 10.2. The highest BCUT2D eigenvalue weighted by atomic mass is 16.5. The molecule has 0 N–H and O–H groups in total. The summed E-state index contributed by atoms with van der Waals surface area (Å²) in [5.74, 6) is -0.240. The van der Waals surface area contributed by atoms with Gasteiger partial charge in [-0.25, -0.2) is 4.98 Å². The van der Waals surface area contributed by atoms with Gasteiger partial charge >= 0.3 is 5.97 Å². The van der Waals surface area contributed by atoms with E-state index in [0.717, 1.165) is 18.4 Å². The lowest BCUT2D eigenvalue weighted by atomic mass is 10.1. The molecule has 0 aromatic carbocycles. The van der Waals surface area contributed by atoms with Crippen LogP contribution in [0.5, 0.6) is 0 Å². The van der Waals surface area contributed by atoms with Crippen molar-refractivity contribution >= 4 is 5.97 Å². The lowest BCUT2D eigenvalue weighted by Gasteiger charge is -2.08. The second-order valence-corrected chi connectivity index (χ2v) is 4.05. The monoisotopic (exact) mass is 244 g/mol. The van der Waals surface area contributed by atoms with Gasteiger partial charge in [0.15, 0.2) is 0 Å². The molecule has 0 saturated heterocycles. The van der Waals surface area contributed by atoms with Crippen molar-refractivity contribution < 1.29 is 9.53 Å². The van der Waals surface area contributed by atoms with Gasteiger partial charge in [-0.2, -0.15) is 0 Å². The molecule has 94 valence electrons. The maximum atomic E-state index is 11.6. The molecule has 0 spiro atoms. The zero-order chi connectivity index (χ0) is 12.6. The molecule has 1 aliphatic carbocycles. The molecule has 1 aromatic rings. The molecule has 0 aliphatic heterocycles. The van der Waals surface area contributed by atoms with Gasteiger partial charge < -0.3 is 9.30 Å². The molecule has 0 radical (unpaired) electrons. The van der Waals surface area contributed by atoms with Crippen molar-refractivity contribution in [2.24, 2.45) is 0 Å². The first-order chi connectivity index (χ1) is 8.84. The minimum atomic E-state index is -0.240. The largest absolute Gasteiger partial charge is 0.460 e. The van der Waals surface area contributed by atoms with E-state index in [-0.39, 0.29) is 12.5 Å². The van der Waals surface area contributed by atoms with Crippen molar-refractivity contribution in [2.75, 3.05) is 6.61 Å². The summed E-state index contributed by atoms with van der Waals surface area (Å²) < 4.78 is 6.93. The highest BCUT2D eigenvalue weighted by Gasteiger charge is 2.05. The summed E-state index contributed by atoms with van der Waals surface area (Å²) in [7, 11) is 0. The van der Waals surface area contributed by atoms with E-state index >= 15 is 0 Å². The molecular weight excluding hydrogens is 228 g/mol. The fraction of sp³-hybridized carbons (Fsp3) is 0.286. The normalized spacial score (nSPS) is 21.2. The topological polar surface area (TPSA) is 44.1 Å². The van der Waals surface area contributed by atoms with Gasteiger partial charge in [0.25, 0.3) is 0 Å². The number of carbonyl (C=O) groups is 1. The lowest BCUT2D eigenvalue weighted by molar-refractivity contribution is -0.143. The Morgan fingerprint density at radius 3 is 3.11 bits per heavy atom. The minimum absolute atomic E-state index is 0.211. The van der Waals surface area contributed by atoms with Crippen LogP contribution < -0.4 is 0 Å². The van der Waals surface area contributed by atoms with Crippen LogP contribution in [0.25, 0.3) is 0 Å². The van der Waals surface area contributed by atoms with Gasteiger partial charge in [-0.05, 0) is 18.4 Å². The van der Waals surface area contributed by atoms with Gasteiger partial charge in [0, 0.05) is 12.4 Å². The summed E-state index contributed by atoms with van der Waals surface area (Å²) in [6.45, 7) is 0.578. The highest BCUT2D eigenvalue weighted by Crippen LogP contribution is 2.08. The predicted octanol–water partition coefficient (Wildman–Crippen LogP) is 2.26. The average Bonchev–Trinajstić information content (AvgIpc) is 2.80. The summed E-state index contributed by atoms with van der Waals surface area (Å²) in [5, 5.41) is 0. The number of rotatable bonds is 4. The van der Waals surface area contributed by atoms with Crippen molar-refractivity contribution in [2.45, 2.75) is 19.4 Å². The van der Waals surface area contributed by atoms with E-state index in [2.05, 4.69) is 23.2 Å². The molecule has 2 rings (SSSR count). The van der Waals surface area contributed by atoms with E-state index in [1.54, 1.807) is 23.3 Å². The van der Waals surface area contributed by atoms with E-state index in [0.29, 0.717) is 6.61 Å². The number of hydrogen-bond donors (Lipinski definition) is 0. The third kappa shape index (κ3) is 4.05.